The highest BCUT2D eigenvalue weighted by molar-refractivity contribution is 5.92. The highest BCUT2D eigenvalue weighted by Crippen LogP contribution is 2.32. The number of ether oxygens (including phenoxy) is 2. The van der Waals surface area contributed by atoms with E-state index in [2.05, 4.69) is 31.2 Å². The van der Waals surface area contributed by atoms with Gasteiger partial charge in [0.1, 0.15) is 5.69 Å². The molecule has 0 radical (unpaired) electrons. The number of hydrogen-bond donors (Lipinski definition) is 1. The average Bonchev–Trinajstić information content (AvgIpc) is 3.09. The van der Waals surface area contributed by atoms with Gasteiger partial charge in [0, 0.05) is 12.2 Å². The first-order chi connectivity index (χ1) is 10.8. The van der Waals surface area contributed by atoms with E-state index in [4.69, 9.17) is 9.47 Å². The zero-order valence-corrected chi connectivity index (χ0v) is 13.8. The van der Waals surface area contributed by atoms with Gasteiger partial charge in [-0.2, -0.15) is 5.10 Å². The smallest absolute Gasteiger partial charge is 0.272 e. The average molecular weight is 315 g/mol. The minimum absolute atomic E-state index is 0.153. The van der Waals surface area contributed by atoms with Crippen molar-refractivity contribution in [1.29, 1.82) is 0 Å². The van der Waals surface area contributed by atoms with Gasteiger partial charge in [-0.25, -0.2) is 0 Å². The Bertz CT molecular complexity index is 744. The zero-order valence-electron chi connectivity index (χ0n) is 13.8. The molecule has 0 fully saturated rings. The lowest BCUT2D eigenvalue weighted by molar-refractivity contribution is 0.0944. The second kappa shape index (κ2) is 5.61. The van der Waals surface area contributed by atoms with Crippen molar-refractivity contribution in [2.24, 2.45) is 0 Å². The molecule has 1 aliphatic heterocycles. The molecular weight excluding hydrogens is 294 g/mol. The molecule has 1 aromatic heterocycles. The number of fused-ring (bicyclic) bond motifs is 1. The van der Waals surface area contributed by atoms with Gasteiger partial charge in [-0.15, -0.1) is 0 Å². The summed E-state index contributed by atoms with van der Waals surface area (Å²) < 4.78 is 12.5. The molecule has 0 atom stereocenters. The number of rotatable bonds is 3. The van der Waals surface area contributed by atoms with Crippen molar-refractivity contribution in [2.75, 3.05) is 6.79 Å². The molecular formula is C17H21N3O3. The zero-order chi connectivity index (χ0) is 16.6. The topological polar surface area (TPSA) is 65.4 Å². The Balaban J connectivity index is 1.68. The molecule has 0 bridgehead atoms. The van der Waals surface area contributed by atoms with Crippen molar-refractivity contribution in [2.45, 2.75) is 39.8 Å². The monoisotopic (exact) mass is 315 g/mol. The molecule has 0 spiro atoms. The second-order valence-corrected chi connectivity index (χ2v) is 6.62. The maximum absolute atomic E-state index is 12.3. The van der Waals surface area contributed by atoms with E-state index in [0.29, 0.717) is 18.0 Å². The third kappa shape index (κ3) is 3.16. The van der Waals surface area contributed by atoms with Crippen LogP contribution < -0.4 is 14.8 Å². The van der Waals surface area contributed by atoms with E-state index < -0.39 is 0 Å². The predicted molar refractivity (Wildman–Crippen MR) is 85.7 cm³/mol. The maximum Gasteiger partial charge on any atom is 0.272 e. The third-order valence-electron chi connectivity index (χ3n) is 3.65. The number of nitrogens with one attached hydrogen (secondary N) is 1. The first-order valence-corrected chi connectivity index (χ1v) is 7.58. The summed E-state index contributed by atoms with van der Waals surface area (Å²) in [6, 6.07) is 7.44. The molecule has 2 aromatic rings. The number of nitrogens with zero attached hydrogens (tertiary/aromatic N) is 2. The SMILES string of the molecule is Cc1cc(C(=O)NCc2ccc3c(c2)OCO3)nn1C(C)(C)C. The highest BCUT2D eigenvalue weighted by Gasteiger charge is 2.20. The Labute approximate surface area is 135 Å². The molecule has 23 heavy (non-hydrogen) atoms. The molecule has 0 aliphatic carbocycles. The number of aromatic nitrogens is 2. The number of amides is 1. The number of carbonyl (C=O) groups is 1. The molecule has 1 amide bonds. The fraction of sp³-hybridized carbons (Fsp3) is 0.412. The first-order valence-electron chi connectivity index (χ1n) is 7.58. The maximum atomic E-state index is 12.3. The molecule has 0 unspecified atom stereocenters. The Morgan fingerprint density at radius 1 is 1.26 bits per heavy atom. The van der Waals surface area contributed by atoms with Crippen LogP contribution in [0.4, 0.5) is 0 Å². The Morgan fingerprint density at radius 3 is 2.70 bits per heavy atom. The molecule has 0 saturated carbocycles. The van der Waals surface area contributed by atoms with Crippen LogP contribution in [0.25, 0.3) is 0 Å². The summed E-state index contributed by atoms with van der Waals surface area (Å²) in [6.07, 6.45) is 0. The van der Waals surface area contributed by atoms with E-state index in [1.165, 1.54) is 0 Å². The van der Waals surface area contributed by atoms with E-state index >= 15 is 0 Å². The Kier molecular flexibility index (Phi) is 3.75. The van der Waals surface area contributed by atoms with Crippen LogP contribution in [0.2, 0.25) is 0 Å². The number of carbonyl (C=O) groups excluding carboxylic acids is 1. The molecule has 1 N–H and O–H groups in total. The third-order valence-corrected chi connectivity index (χ3v) is 3.65. The van der Waals surface area contributed by atoms with Crippen LogP contribution in [0.1, 0.15) is 42.5 Å². The van der Waals surface area contributed by atoms with Gasteiger partial charge in [-0.1, -0.05) is 6.07 Å². The van der Waals surface area contributed by atoms with Crippen molar-refractivity contribution >= 4 is 5.91 Å². The summed E-state index contributed by atoms with van der Waals surface area (Å²) >= 11 is 0. The number of benzene rings is 1. The fourth-order valence-electron chi connectivity index (χ4n) is 2.59. The minimum atomic E-state index is -0.186. The molecule has 1 aliphatic rings. The molecule has 6 heteroatoms. The summed E-state index contributed by atoms with van der Waals surface area (Å²) in [7, 11) is 0. The predicted octanol–water partition coefficient (Wildman–Crippen LogP) is 2.61. The largest absolute Gasteiger partial charge is 0.454 e. The lowest BCUT2D eigenvalue weighted by Crippen LogP contribution is -2.26. The molecule has 0 saturated heterocycles. The van der Waals surface area contributed by atoms with Crippen LogP contribution in [0.3, 0.4) is 0 Å². The van der Waals surface area contributed by atoms with Gasteiger partial charge in [0.2, 0.25) is 6.79 Å². The van der Waals surface area contributed by atoms with Crippen molar-refractivity contribution < 1.29 is 14.3 Å². The first kappa shape index (κ1) is 15.4. The van der Waals surface area contributed by atoms with Crippen molar-refractivity contribution in [3.8, 4) is 11.5 Å². The lowest BCUT2D eigenvalue weighted by Gasteiger charge is -2.21. The normalized spacial score (nSPS) is 13.2. The number of aryl methyl sites for hydroxylation is 1. The Hall–Kier alpha value is -2.50. The van der Waals surface area contributed by atoms with Crippen molar-refractivity contribution in [1.82, 2.24) is 15.1 Å². The van der Waals surface area contributed by atoms with Crippen LogP contribution in [0.5, 0.6) is 11.5 Å². The van der Waals surface area contributed by atoms with Crippen LogP contribution in [-0.2, 0) is 12.1 Å². The van der Waals surface area contributed by atoms with Crippen LogP contribution in [0, 0.1) is 6.92 Å². The minimum Gasteiger partial charge on any atom is -0.454 e. The molecule has 122 valence electrons. The standard InChI is InChI=1S/C17H21N3O3/c1-11-7-13(19-20(11)17(2,3)4)16(21)18-9-12-5-6-14-15(8-12)23-10-22-14/h5-8H,9-10H2,1-4H3,(H,18,21). The second-order valence-electron chi connectivity index (χ2n) is 6.62. The van der Waals surface area contributed by atoms with E-state index in [1.807, 2.05) is 29.8 Å². The van der Waals surface area contributed by atoms with Crippen LogP contribution >= 0.6 is 0 Å². The molecule has 2 heterocycles. The van der Waals surface area contributed by atoms with E-state index in [0.717, 1.165) is 17.0 Å². The van der Waals surface area contributed by atoms with Gasteiger partial charge in [0.15, 0.2) is 11.5 Å². The molecule has 6 nitrogen and oxygen atoms in total. The number of hydrogen-bond acceptors (Lipinski definition) is 4. The van der Waals surface area contributed by atoms with Gasteiger partial charge in [-0.3, -0.25) is 9.48 Å². The quantitative estimate of drug-likeness (QED) is 0.945. The Morgan fingerprint density at radius 2 is 2.00 bits per heavy atom. The van der Waals surface area contributed by atoms with Gasteiger partial charge >= 0.3 is 0 Å². The van der Waals surface area contributed by atoms with Gasteiger partial charge in [0.25, 0.3) is 5.91 Å². The van der Waals surface area contributed by atoms with Crippen molar-refractivity contribution in [3.05, 3.63) is 41.2 Å². The lowest BCUT2D eigenvalue weighted by atomic mass is 10.1. The van der Waals surface area contributed by atoms with E-state index in [1.54, 1.807) is 6.07 Å². The van der Waals surface area contributed by atoms with Gasteiger partial charge in [0.05, 0.1) is 5.54 Å². The van der Waals surface area contributed by atoms with Gasteiger partial charge in [-0.05, 0) is 51.5 Å². The highest BCUT2D eigenvalue weighted by atomic mass is 16.7. The van der Waals surface area contributed by atoms with E-state index in [-0.39, 0.29) is 18.2 Å². The summed E-state index contributed by atoms with van der Waals surface area (Å²) in [5.74, 6) is 1.26. The van der Waals surface area contributed by atoms with Gasteiger partial charge < -0.3 is 14.8 Å². The van der Waals surface area contributed by atoms with Crippen molar-refractivity contribution in [3.63, 3.8) is 0 Å². The van der Waals surface area contributed by atoms with Crippen LogP contribution in [0.15, 0.2) is 24.3 Å². The summed E-state index contributed by atoms with van der Waals surface area (Å²) in [5.41, 5.74) is 2.19. The fourth-order valence-corrected chi connectivity index (χ4v) is 2.59. The van der Waals surface area contributed by atoms with E-state index in [9.17, 15) is 4.79 Å². The van der Waals surface area contributed by atoms with Crippen LogP contribution in [-0.4, -0.2) is 22.5 Å². The summed E-state index contributed by atoms with van der Waals surface area (Å²) in [6.45, 7) is 8.78. The molecule has 1 aromatic carbocycles. The summed E-state index contributed by atoms with van der Waals surface area (Å²) in [5, 5.41) is 7.30. The molecule has 3 rings (SSSR count). The summed E-state index contributed by atoms with van der Waals surface area (Å²) in [4.78, 5) is 12.3.